The minimum atomic E-state index is -1.27. The third-order valence-corrected chi connectivity index (χ3v) is 3.71. The number of allylic oxidation sites excluding steroid dienone is 1. The van der Waals surface area contributed by atoms with Gasteiger partial charge in [-0.3, -0.25) is 9.59 Å². The van der Waals surface area contributed by atoms with E-state index in [1.807, 2.05) is 12.2 Å². The summed E-state index contributed by atoms with van der Waals surface area (Å²) in [4.78, 5) is 33.6. The van der Waals surface area contributed by atoms with Gasteiger partial charge in [-0.1, -0.05) is 30.0 Å². The molecular formula is C16H14O5S. The van der Waals surface area contributed by atoms with Crippen molar-refractivity contribution < 1.29 is 19.1 Å². The van der Waals surface area contributed by atoms with Crippen molar-refractivity contribution in [3.05, 3.63) is 51.9 Å². The second-order valence-corrected chi connectivity index (χ2v) is 5.84. The second kappa shape index (κ2) is 7.09. The highest BCUT2D eigenvalue weighted by atomic mass is 32.2. The average Bonchev–Trinajstić information content (AvgIpc) is 2.46. The number of hydrogen-bond donors (Lipinski definition) is 1. The molecule has 0 radical (unpaired) electrons. The molecule has 6 heteroatoms. The Bertz CT molecular complexity index is 804. The maximum Gasteiger partial charge on any atom is 0.371 e. The second-order valence-electron chi connectivity index (χ2n) is 4.57. The number of fused-ring (bicyclic) bond motifs is 1. The van der Waals surface area contributed by atoms with Crippen LogP contribution in [0.1, 0.15) is 29.5 Å². The number of hydrogen-bond acceptors (Lipinski definition) is 5. The monoisotopic (exact) mass is 318 g/mol. The fourth-order valence-corrected chi connectivity index (χ4v) is 2.41. The first-order valence-electron chi connectivity index (χ1n) is 6.58. The summed E-state index contributed by atoms with van der Waals surface area (Å²) in [5.41, 5.74) is 0.672. The SMILES string of the molecule is CC(=O)SCCC=Cc1ccc2oc(C(=O)O)cc(=O)c2c1. The van der Waals surface area contributed by atoms with Crippen molar-refractivity contribution in [2.75, 3.05) is 5.75 Å². The summed E-state index contributed by atoms with van der Waals surface area (Å²) in [7, 11) is 0. The number of carbonyl (C=O) groups excluding carboxylic acids is 1. The van der Waals surface area contributed by atoms with E-state index in [2.05, 4.69) is 0 Å². The van der Waals surface area contributed by atoms with Gasteiger partial charge >= 0.3 is 5.97 Å². The summed E-state index contributed by atoms with van der Waals surface area (Å²) >= 11 is 1.26. The van der Waals surface area contributed by atoms with Crippen LogP contribution >= 0.6 is 11.8 Å². The van der Waals surface area contributed by atoms with Gasteiger partial charge in [0.15, 0.2) is 10.5 Å². The van der Waals surface area contributed by atoms with E-state index in [-0.39, 0.29) is 21.9 Å². The summed E-state index contributed by atoms with van der Waals surface area (Å²) in [5, 5.41) is 9.29. The van der Waals surface area contributed by atoms with E-state index in [1.54, 1.807) is 18.2 Å². The third-order valence-electron chi connectivity index (χ3n) is 2.86. The van der Waals surface area contributed by atoms with Crippen LogP contribution in [-0.4, -0.2) is 21.9 Å². The first-order chi connectivity index (χ1) is 10.5. The summed E-state index contributed by atoms with van der Waals surface area (Å²) < 4.78 is 5.16. The molecule has 0 aliphatic heterocycles. The van der Waals surface area contributed by atoms with Gasteiger partial charge in [-0.05, 0) is 24.1 Å². The highest BCUT2D eigenvalue weighted by molar-refractivity contribution is 8.13. The van der Waals surface area contributed by atoms with E-state index in [0.717, 1.165) is 18.1 Å². The molecule has 114 valence electrons. The normalized spacial score (nSPS) is 11.1. The molecule has 0 saturated heterocycles. The van der Waals surface area contributed by atoms with Crippen molar-refractivity contribution in [3.63, 3.8) is 0 Å². The van der Waals surface area contributed by atoms with Crippen LogP contribution in [-0.2, 0) is 4.79 Å². The minimum absolute atomic E-state index is 0.0888. The zero-order valence-corrected chi connectivity index (χ0v) is 12.7. The Morgan fingerprint density at radius 2 is 2.09 bits per heavy atom. The third kappa shape index (κ3) is 4.08. The van der Waals surface area contributed by atoms with Gasteiger partial charge in [-0.15, -0.1) is 0 Å². The van der Waals surface area contributed by atoms with Crippen LogP contribution in [0.4, 0.5) is 0 Å². The quantitative estimate of drug-likeness (QED) is 0.852. The molecule has 5 nitrogen and oxygen atoms in total. The molecule has 0 amide bonds. The van der Waals surface area contributed by atoms with Crippen molar-refractivity contribution in [2.24, 2.45) is 0 Å². The molecule has 0 aliphatic carbocycles. The lowest BCUT2D eigenvalue weighted by atomic mass is 10.1. The first-order valence-corrected chi connectivity index (χ1v) is 7.57. The van der Waals surface area contributed by atoms with Crippen LogP contribution in [0, 0.1) is 0 Å². The van der Waals surface area contributed by atoms with Crippen molar-refractivity contribution >= 4 is 39.9 Å². The summed E-state index contributed by atoms with van der Waals surface area (Å²) in [6, 6.07) is 5.95. The molecule has 2 aromatic rings. The predicted octanol–water partition coefficient (Wildman–Crippen LogP) is 3.17. The van der Waals surface area contributed by atoms with E-state index in [4.69, 9.17) is 9.52 Å². The number of carbonyl (C=O) groups is 2. The molecule has 1 heterocycles. The van der Waals surface area contributed by atoms with Crippen LogP contribution in [0.3, 0.4) is 0 Å². The van der Waals surface area contributed by atoms with Gasteiger partial charge in [0.2, 0.25) is 5.76 Å². The smallest absolute Gasteiger partial charge is 0.371 e. The molecule has 22 heavy (non-hydrogen) atoms. The zero-order valence-electron chi connectivity index (χ0n) is 11.9. The van der Waals surface area contributed by atoms with Crippen molar-refractivity contribution in [3.8, 4) is 0 Å². The van der Waals surface area contributed by atoms with Crippen LogP contribution in [0.15, 0.2) is 39.6 Å². The van der Waals surface area contributed by atoms with Gasteiger partial charge in [0.1, 0.15) is 5.58 Å². The molecule has 2 rings (SSSR count). The molecule has 0 aliphatic rings. The zero-order chi connectivity index (χ0) is 16.1. The molecule has 0 saturated carbocycles. The Hall–Kier alpha value is -2.34. The van der Waals surface area contributed by atoms with Crippen molar-refractivity contribution in [1.29, 1.82) is 0 Å². The van der Waals surface area contributed by atoms with E-state index in [1.165, 1.54) is 18.7 Å². The van der Waals surface area contributed by atoms with Gasteiger partial charge in [-0.25, -0.2) is 4.79 Å². The van der Waals surface area contributed by atoms with E-state index >= 15 is 0 Å². The number of benzene rings is 1. The molecule has 0 bridgehead atoms. The number of rotatable bonds is 5. The Morgan fingerprint density at radius 3 is 2.77 bits per heavy atom. The van der Waals surface area contributed by atoms with Gasteiger partial charge in [0.25, 0.3) is 0 Å². The molecule has 0 spiro atoms. The maximum absolute atomic E-state index is 11.9. The molecule has 0 fully saturated rings. The van der Waals surface area contributed by atoms with Crippen LogP contribution in [0.2, 0.25) is 0 Å². The van der Waals surface area contributed by atoms with Crippen LogP contribution < -0.4 is 5.43 Å². The maximum atomic E-state index is 11.9. The average molecular weight is 318 g/mol. The minimum Gasteiger partial charge on any atom is -0.475 e. The largest absolute Gasteiger partial charge is 0.475 e. The standard InChI is InChI=1S/C16H14O5S/c1-10(17)22-7-3-2-4-11-5-6-14-12(8-11)13(18)9-15(21-14)16(19)20/h2,4-6,8-9H,3,7H2,1H3,(H,19,20). The molecule has 0 atom stereocenters. The summed E-state index contributed by atoms with van der Waals surface area (Å²) in [6.07, 6.45) is 4.52. The Kier molecular flexibility index (Phi) is 5.16. The number of carboxylic acids is 1. The molecule has 1 aromatic heterocycles. The number of aromatic carboxylic acids is 1. The molecule has 0 unspecified atom stereocenters. The summed E-state index contributed by atoms with van der Waals surface area (Å²) in [6.45, 7) is 1.53. The molecule has 1 aromatic carbocycles. The highest BCUT2D eigenvalue weighted by Crippen LogP contribution is 2.16. The van der Waals surface area contributed by atoms with E-state index in [0.29, 0.717) is 11.1 Å². The lowest BCUT2D eigenvalue weighted by molar-refractivity contribution is -0.109. The Labute approximate surface area is 130 Å². The van der Waals surface area contributed by atoms with E-state index in [9.17, 15) is 14.4 Å². The van der Waals surface area contributed by atoms with Gasteiger partial charge < -0.3 is 9.52 Å². The molecular weight excluding hydrogens is 304 g/mol. The lowest BCUT2D eigenvalue weighted by Crippen LogP contribution is -2.06. The van der Waals surface area contributed by atoms with Gasteiger partial charge in [0, 0.05) is 18.7 Å². The van der Waals surface area contributed by atoms with Crippen molar-refractivity contribution in [1.82, 2.24) is 0 Å². The molecule has 1 N–H and O–H groups in total. The first kappa shape index (κ1) is 16.0. The van der Waals surface area contributed by atoms with Gasteiger partial charge in [0.05, 0.1) is 5.39 Å². The predicted molar refractivity (Wildman–Crippen MR) is 86.2 cm³/mol. The summed E-state index contributed by atoms with van der Waals surface area (Å²) in [5.74, 6) is -0.934. The Balaban J connectivity index is 2.20. The van der Waals surface area contributed by atoms with Gasteiger partial charge in [-0.2, -0.15) is 0 Å². The van der Waals surface area contributed by atoms with Crippen molar-refractivity contribution in [2.45, 2.75) is 13.3 Å². The number of carboxylic acid groups (broad SMARTS) is 1. The lowest BCUT2D eigenvalue weighted by Gasteiger charge is -2.00. The highest BCUT2D eigenvalue weighted by Gasteiger charge is 2.10. The topological polar surface area (TPSA) is 84.6 Å². The number of thioether (sulfide) groups is 1. The van der Waals surface area contributed by atoms with E-state index < -0.39 is 5.97 Å². The Morgan fingerprint density at radius 1 is 1.32 bits per heavy atom. The van der Waals surface area contributed by atoms with Crippen LogP contribution in [0.25, 0.3) is 17.0 Å². The van der Waals surface area contributed by atoms with Crippen LogP contribution in [0.5, 0.6) is 0 Å². The fourth-order valence-electron chi connectivity index (χ4n) is 1.87. The fraction of sp³-hybridized carbons (Fsp3) is 0.188.